The van der Waals surface area contributed by atoms with Crippen molar-refractivity contribution in [2.45, 2.75) is 13.8 Å². The highest BCUT2D eigenvalue weighted by Gasteiger charge is 2.04. The molecule has 3 heteroatoms. The lowest BCUT2D eigenvalue weighted by atomic mass is 10.3. The van der Waals surface area contributed by atoms with Gasteiger partial charge in [0.2, 0.25) is 0 Å². The highest BCUT2D eigenvalue weighted by molar-refractivity contribution is 9.12. The molecule has 0 bridgehead atoms. The Morgan fingerprint density at radius 3 is 2.90 bits per heavy atom. The summed E-state index contributed by atoms with van der Waals surface area (Å²) in [7, 11) is 0. The van der Waals surface area contributed by atoms with Crippen molar-refractivity contribution in [2.75, 3.05) is 13.1 Å². The van der Waals surface area contributed by atoms with Crippen molar-refractivity contribution in [3.05, 3.63) is 10.2 Å². The van der Waals surface area contributed by atoms with E-state index >= 15 is 0 Å². The molecule has 0 spiro atoms. The maximum atomic E-state index is 4.30. The van der Waals surface area contributed by atoms with Crippen LogP contribution in [-0.4, -0.2) is 18.8 Å². The second-order valence-electron chi connectivity index (χ2n) is 2.33. The van der Waals surface area contributed by atoms with E-state index in [-0.39, 0.29) is 0 Å². The van der Waals surface area contributed by atoms with Gasteiger partial charge in [0.05, 0.1) is 11.0 Å². The van der Waals surface area contributed by atoms with E-state index in [0.717, 1.165) is 23.3 Å². The number of nitrogens with zero attached hydrogens (tertiary/aromatic N) is 1. The predicted molar refractivity (Wildman–Crippen MR) is 47.6 cm³/mol. The molecule has 0 unspecified atom stereocenters. The summed E-state index contributed by atoms with van der Waals surface area (Å²) < 4.78 is 1.10. The van der Waals surface area contributed by atoms with E-state index in [1.165, 1.54) is 5.70 Å². The van der Waals surface area contributed by atoms with Crippen LogP contribution in [0.5, 0.6) is 0 Å². The van der Waals surface area contributed by atoms with Gasteiger partial charge in [-0.15, -0.1) is 0 Å². The van der Waals surface area contributed by atoms with Crippen LogP contribution in [0.15, 0.2) is 15.2 Å². The molecule has 0 amide bonds. The number of hydrogen-bond acceptors (Lipinski definition) is 2. The third-order valence-corrected chi connectivity index (χ3v) is 2.67. The minimum absolute atomic E-state index is 0.873. The molecule has 10 heavy (non-hydrogen) atoms. The molecule has 2 nitrogen and oxygen atoms in total. The molecule has 1 rings (SSSR count). The quantitative estimate of drug-likeness (QED) is 0.636. The second-order valence-corrected chi connectivity index (χ2v) is 3.13. The largest absolute Gasteiger partial charge is 0.386 e. The van der Waals surface area contributed by atoms with Crippen molar-refractivity contribution in [2.24, 2.45) is 4.99 Å². The summed E-state index contributed by atoms with van der Waals surface area (Å²) in [5.41, 5.74) is 2.27. The second kappa shape index (κ2) is 3.19. The van der Waals surface area contributed by atoms with Gasteiger partial charge < -0.3 is 5.32 Å². The molecular formula is C7H11BrN2. The topological polar surface area (TPSA) is 24.4 Å². The van der Waals surface area contributed by atoms with E-state index in [1.807, 2.05) is 6.92 Å². The number of rotatable bonds is 0. The van der Waals surface area contributed by atoms with Crippen LogP contribution < -0.4 is 5.32 Å². The van der Waals surface area contributed by atoms with Gasteiger partial charge in [-0.3, -0.25) is 4.99 Å². The molecule has 0 radical (unpaired) electrons. The Morgan fingerprint density at radius 1 is 1.50 bits per heavy atom. The van der Waals surface area contributed by atoms with Crippen LogP contribution in [0.25, 0.3) is 0 Å². The fourth-order valence-electron chi connectivity index (χ4n) is 0.885. The molecule has 1 aliphatic heterocycles. The number of halogens is 1. The van der Waals surface area contributed by atoms with Gasteiger partial charge in [-0.05, 0) is 29.8 Å². The Balaban J connectivity index is 2.88. The van der Waals surface area contributed by atoms with Crippen LogP contribution in [0.3, 0.4) is 0 Å². The summed E-state index contributed by atoms with van der Waals surface area (Å²) in [6, 6.07) is 0. The smallest absolute Gasteiger partial charge is 0.0569 e. The van der Waals surface area contributed by atoms with E-state index in [2.05, 4.69) is 33.2 Å². The van der Waals surface area contributed by atoms with Crippen LogP contribution in [-0.2, 0) is 0 Å². The van der Waals surface area contributed by atoms with Crippen LogP contribution >= 0.6 is 15.9 Å². The van der Waals surface area contributed by atoms with Gasteiger partial charge in [0, 0.05) is 18.0 Å². The zero-order chi connectivity index (χ0) is 7.56. The Bertz CT molecular complexity index is 194. The lowest BCUT2D eigenvalue weighted by Crippen LogP contribution is -2.13. The highest BCUT2D eigenvalue weighted by Crippen LogP contribution is 2.13. The standard InChI is InChI=1S/C7H11BrN2/c1-5-7(8)6(2)10-4-3-9-5/h9H,3-4H2,1-2H3. The van der Waals surface area contributed by atoms with E-state index in [0.29, 0.717) is 0 Å². The fourth-order valence-corrected chi connectivity index (χ4v) is 1.15. The van der Waals surface area contributed by atoms with Crippen LogP contribution in [0.2, 0.25) is 0 Å². The maximum absolute atomic E-state index is 4.30. The molecule has 0 fully saturated rings. The summed E-state index contributed by atoms with van der Waals surface area (Å²) >= 11 is 3.46. The third-order valence-electron chi connectivity index (χ3n) is 1.50. The summed E-state index contributed by atoms with van der Waals surface area (Å²) in [4.78, 5) is 4.30. The van der Waals surface area contributed by atoms with Crippen molar-refractivity contribution >= 4 is 21.6 Å². The fraction of sp³-hybridized carbons (Fsp3) is 0.571. The molecule has 0 aliphatic carbocycles. The summed E-state index contributed by atoms with van der Waals surface area (Å²) in [5.74, 6) is 0. The molecule has 1 heterocycles. The molecule has 1 aliphatic rings. The normalized spacial score (nSPS) is 19.7. The summed E-state index contributed by atoms with van der Waals surface area (Å²) in [6.07, 6.45) is 0. The first-order chi connectivity index (χ1) is 4.72. The van der Waals surface area contributed by atoms with Crippen molar-refractivity contribution in [1.82, 2.24) is 5.32 Å². The Labute approximate surface area is 69.5 Å². The van der Waals surface area contributed by atoms with Gasteiger partial charge in [-0.1, -0.05) is 0 Å². The lowest BCUT2D eigenvalue weighted by Gasteiger charge is -2.02. The number of allylic oxidation sites excluding steroid dienone is 2. The average molecular weight is 203 g/mol. The van der Waals surface area contributed by atoms with E-state index in [9.17, 15) is 0 Å². The Hall–Kier alpha value is -0.310. The van der Waals surface area contributed by atoms with Gasteiger partial charge in [0.1, 0.15) is 0 Å². The van der Waals surface area contributed by atoms with Gasteiger partial charge in [-0.25, -0.2) is 0 Å². The molecule has 0 saturated carbocycles. The molecule has 0 aromatic rings. The number of nitrogens with one attached hydrogen (secondary N) is 1. The summed E-state index contributed by atoms with van der Waals surface area (Å²) in [5, 5.41) is 3.24. The van der Waals surface area contributed by atoms with Crippen molar-refractivity contribution < 1.29 is 0 Å². The zero-order valence-corrected chi connectivity index (χ0v) is 7.83. The minimum Gasteiger partial charge on any atom is -0.386 e. The van der Waals surface area contributed by atoms with Crippen molar-refractivity contribution in [3.8, 4) is 0 Å². The maximum Gasteiger partial charge on any atom is 0.0569 e. The highest BCUT2D eigenvalue weighted by atomic mass is 79.9. The van der Waals surface area contributed by atoms with Crippen LogP contribution in [0.4, 0.5) is 0 Å². The van der Waals surface area contributed by atoms with Crippen LogP contribution in [0.1, 0.15) is 13.8 Å². The van der Waals surface area contributed by atoms with E-state index in [4.69, 9.17) is 0 Å². The number of aliphatic imine (C=N–C) groups is 1. The predicted octanol–water partition coefficient (Wildman–Crippen LogP) is 1.68. The molecule has 1 N–H and O–H groups in total. The van der Waals surface area contributed by atoms with Crippen molar-refractivity contribution in [3.63, 3.8) is 0 Å². The Morgan fingerprint density at radius 2 is 2.20 bits per heavy atom. The van der Waals surface area contributed by atoms with Gasteiger partial charge >= 0.3 is 0 Å². The first kappa shape index (κ1) is 7.79. The van der Waals surface area contributed by atoms with E-state index in [1.54, 1.807) is 0 Å². The first-order valence-corrected chi connectivity index (χ1v) is 4.13. The molecule has 0 aromatic heterocycles. The number of hydrogen-bond donors (Lipinski definition) is 1. The van der Waals surface area contributed by atoms with Gasteiger partial charge in [-0.2, -0.15) is 0 Å². The van der Waals surface area contributed by atoms with Crippen molar-refractivity contribution in [1.29, 1.82) is 0 Å². The first-order valence-electron chi connectivity index (χ1n) is 3.33. The van der Waals surface area contributed by atoms with E-state index < -0.39 is 0 Å². The monoisotopic (exact) mass is 202 g/mol. The molecule has 0 atom stereocenters. The van der Waals surface area contributed by atoms with Gasteiger partial charge in [0.25, 0.3) is 0 Å². The molecular weight excluding hydrogens is 192 g/mol. The average Bonchev–Trinajstić information content (AvgIpc) is 2.04. The van der Waals surface area contributed by atoms with Crippen LogP contribution in [0, 0.1) is 0 Å². The SMILES string of the molecule is CC1=NCCNC(C)=C1Br. The molecule has 0 saturated heterocycles. The minimum atomic E-state index is 0.873. The zero-order valence-electron chi connectivity index (χ0n) is 6.24. The summed E-state index contributed by atoms with van der Waals surface area (Å²) in [6.45, 7) is 5.88. The molecule has 56 valence electrons. The third kappa shape index (κ3) is 1.59. The van der Waals surface area contributed by atoms with Gasteiger partial charge in [0.15, 0.2) is 0 Å². The lowest BCUT2D eigenvalue weighted by molar-refractivity contribution is 0.808. The molecule has 0 aromatic carbocycles. The Kier molecular flexibility index (Phi) is 2.49.